The number of aliphatic hydroxyl groups excluding tert-OH is 1. The Balaban J connectivity index is 1.54. The van der Waals surface area contributed by atoms with Gasteiger partial charge in [0, 0.05) is 25.6 Å². The molecule has 0 spiro atoms. The zero-order chi connectivity index (χ0) is 15.4. The average molecular weight is 320 g/mol. The van der Waals surface area contributed by atoms with E-state index in [1.807, 2.05) is 21.7 Å². The van der Waals surface area contributed by atoms with Crippen LogP contribution in [0.15, 0.2) is 39.6 Å². The number of rotatable bonds is 5. The molecule has 5 nitrogen and oxygen atoms in total. The lowest BCUT2D eigenvalue weighted by molar-refractivity contribution is 0.108. The summed E-state index contributed by atoms with van der Waals surface area (Å²) < 4.78 is 5.23. The number of carbonyl (C=O) groups is 1. The summed E-state index contributed by atoms with van der Waals surface area (Å²) in [7, 11) is 0. The quantitative estimate of drug-likeness (QED) is 0.889. The Kier molecular flexibility index (Phi) is 4.80. The van der Waals surface area contributed by atoms with Crippen LogP contribution >= 0.6 is 11.3 Å². The molecule has 2 N–H and O–H groups in total. The lowest BCUT2D eigenvalue weighted by atomic mass is 10.1. The Hall–Kier alpha value is -1.79. The van der Waals surface area contributed by atoms with Crippen molar-refractivity contribution in [1.82, 2.24) is 10.2 Å². The molecule has 2 aromatic heterocycles. The molecule has 1 aliphatic heterocycles. The maximum atomic E-state index is 12.3. The van der Waals surface area contributed by atoms with Gasteiger partial charge < -0.3 is 19.7 Å². The zero-order valence-corrected chi connectivity index (χ0v) is 13.1. The smallest absolute Gasteiger partial charge is 0.317 e. The number of thiophene rings is 1. The molecule has 1 saturated heterocycles. The van der Waals surface area contributed by atoms with Gasteiger partial charge in [-0.2, -0.15) is 11.3 Å². The fourth-order valence-corrected chi connectivity index (χ4v) is 3.54. The molecule has 2 amide bonds. The van der Waals surface area contributed by atoms with Crippen LogP contribution in [0.3, 0.4) is 0 Å². The molecule has 0 unspecified atom stereocenters. The molecule has 0 bridgehead atoms. The van der Waals surface area contributed by atoms with Crippen molar-refractivity contribution in [3.8, 4) is 0 Å². The first-order valence-electron chi connectivity index (χ1n) is 7.51. The van der Waals surface area contributed by atoms with Crippen molar-refractivity contribution in [2.75, 3.05) is 6.54 Å². The van der Waals surface area contributed by atoms with Gasteiger partial charge in [0.1, 0.15) is 11.9 Å². The van der Waals surface area contributed by atoms with E-state index >= 15 is 0 Å². The van der Waals surface area contributed by atoms with Gasteiger partial charge in [0.05, 0.1) is 6.26 Å². The Labute approximate surface area is 133 Å². The minimum atomic E-state index is -0.662. The van der Waals surface area contributed by atoms with Crippen LogP contribution in [-0.2, 0) is 6.54 Å². The molecular formula is C16H20N2O3S. The Bertz CT molecular complexity index is 583. The minimum Gasteiger partial charge on any atom is -0.467 e. The van der Waals surface area contributed by atoms with Crippen LogP contribution in [0.25, 0.3) is 0 Å². The number of likely N-dealkylation sites (tertiary alicyclic amines) is 1. The Morgan fingerprint density at radius 1 is 1.55 bits per heavy atom. The normalized spacial score (nSPS) is 19.3. The SMILES string of the molecule is O=C(NCc1ccsc1)N1CCC[C@@H]1C[C@H](O)c1ccco1. The van der Waals surface area contributed by atoms with E-state index in [0.29, 0.717) is 18.7 Å². The average Bonchev–Trinajstić information content (AvgIpc) is 3.25. The first-order valence-corrected chi connectivity index (χ1v) is 8.45. The largest absolute Gasteiger partial charge is 0.467 e. The zero-order valence-electron chi connectivity index (χ0n) is 12.3. The van der Waals surface area contributed by atoms with Gasteiger partial charge in [-0.1, -0.05) is 0 Å². The fraction of sp³-hybridized carbons (Fsp3) is 0.438. The molecule has 0 aromatic carbocycles. The van der Waals surface area contributed by atoms with Gasteiger partial charge >= 0.3 is 6.03 Å². The number of amides is 2. The van der Waals surface area contributed by atoms with Crippen molar-refractivity contribution in [1.29, 1.82) is 0 Å². The number of hydrogen-bond donors (Lipinski definition) is 2. The van der Waals surface area contributed by atoms with E-state index in [-0.39, 0.29) is 12.1 Å². The van der Waals surface area contributed by atoms with Gasteiger partial charge in [0.15, 0.2) is 0 Å². The molecule has 1 aliphatic rings. The summed E-state index contributed by atoms with van der Waals surface area (Å²) >= 11 is 1.62. The van der Waals surface area contributed by atoms with Crippen molar-refractivity contribution in [3.05, 3.63) is 46.5 Å². The predicted octanol–water partition coefficient (Wildman–Crippen LogP) is 3.14. The third-order valence-corrected chi connectivity index (χ3v) is 4.76. The van der Waals surface area contributed by atoms with Crippen LogP contribution in [0.1, 0.15) is 36.7 Å². The molecule has 22 heavy (non-hydrogen) atoms. The molecule has 2 atom stereocenters. The Morgan fingerprint density at radius 2 is 2.45 bits per heavy atom. The number of furan rings is 1. The lowest BCUT2D eigenvalue weighted by Crippen LogP contribution is -2.43. The highest BCUT2D eigenvalue weighted by molar-refractivity contribution is 7.07. The molecule has 6 heteroatoms. The second kappa shape index (κ2) is 6.98. The molecular weight excluding hydrogens is 300 g/mol. The van der Waals surface area contributed by atoms with Crippen molar-refractivity contribution in [2.45, 2.75) is 38.0 Å². The summed E-state index contributed by atoms with van der Waals surface area (Å²) in [5.74, 6) is 0.561. The predicted molar refractivity (Wildman–Crippen MR) is 84.6 cm³/mol. The van der Waals surface area contributed by atoms with Crippen LogP contribution < -0.4 is 5.32 Å². The van der Waals surface area contributed by atoms with E-state index in [0.717, 1.165) is 24.9 Å². The highest BCUT2D eigenvalue weighted by atomic mass is 32.1. The van der Waals surface area contributed by atoms with Crippen molar-refractivity contribution < 1.29 is 14.3 Å². The number of urea groups is 1. The van der Waals surface area contributed by atoms with Gasteiger partial charge in [0.2, 0.25) is 0 Å². The maximum absolute atomic E-state index is 12.3. The van der Waals surface area contributed by atoms with E-state index in [1.54, 1.807) is 29.7 Å². The summed E-state index contributed by atoms with van der Waals surface area (Å²) in [6.07, 6.45) is 3.30. The summed E-state index contributed by atoms with van der Waals surface area (Å²) in [4.78, 5) is 14.2. The highest BCUT2D eigenvalue weighted by Gasteiger charge is 2.31. The second-order valence-electron chi connectivity index (χ2n) is 5.55. The van der Waals surface area contributed by atoms with Crippen LogP contribution in [0, 0.1) is 0 Å². The first kappa shape index (κ1) is 15.1. The van der Waals surface area contributed by atoms with Gasteiger partial charge in [-0.05, 0) is 47.4 Å². The first-order chi connectivity index (χ1) is 10.7. The minimum absolute atomic E-state index is 0.0552. The topological polar surface area (TPSA) is 65.7 Å². The molecule has 0 saturated carbocycles. The molecule has 0 aliphatic carbocycles. The molecule has 1 fully saturated rings. The van der Waals surface area contributed by atoms with Crippen molar-refractivity contribution in [3.63, 3.8) is 0 Å². The summed E-state index contributed by atoms with van der Waals surface area (Å²) in [5.41, 5.74) is 1.12. The third kappa shape index (κ3) is 3.51. The summed E-state index contributed by atoms with van der Waals surface area (Å²) in [5, 5.41) is 17.2. The molecule has 0 radical (unpaired) electrons. The number of hydrogen-bond acceptors (Lipinski definition) is 4. The van der Waals surface area contributed by atoms with Gasteiger partial charge in [0.25, 0.3) is 0 Å². The molecule has 3 heterocycles. The lowest BCUT2D eigenvalue weighted by Gasteiger charge is -2.26. The van der Waals surface area contributed by atoms with E-state index in [2.05, 4.69) is 5.32 Å². The number of carbonyl (C=O) groups excluding carboxylic acids is 1. The molecule has 3 rings (SSSR count). The standard InChI is InChI=1S/C16H20N2O3S/c19-14(15-4-2-7-21-15)9-13-3-1-6-18(13)16(20)17-10-12-5-8-22-11-12/h2,4-5,7-8,11,13-14,19H,1,3,6,9-10H2,(H,17,20)/t13-,14+/m1/s1. The molecule has 2 aromatic rings. The van der Waals surface area contributed by atoms with E-state index in [1.165, 1.54) is 0 Å². The number of aliphatic hydroxyl groups is 1. The fourth-order valence-electron chi connectivity index (χ4n) is 2.88. The van der Waals surface area contributed by atoms with E-state index < -0.39 is 6.10 Å². The monoisotopic (exact) mass is 320 g/mol. The van der Waals surface area contributed by atoms with E-state index in [9.17, 15) is 9.90 Å². The van der Waals surface area contributed by atoms with Gasteiger partial charge in [-0.25, -0.2) is 4.79 Å². The van der Waals surface area contributed by atoms with Gasteiger partial charge in [-0.3, -0.25) is 0 Å². The maximum Gasteiger partial charge on any atom is 0.317 e. The number of nitrogens with one attached hydrogen (secondary N) is 1. The van der Waals surface area contributed by atoms with E-state index in [4.69, 9.17) is 4.42 Å². The van der Waals surface area contributed by atoms with Crippen molar-refractivity contribution in [2.24, 2.45) is 0 Å². The number of nitrogens with zero attached hydrogens (tertiary/aromatic N) is 1. The van der Waals surface area contributed by atoms with Crippen LogP contribution in [-0.4, -0.2) is 28.6 Å². The molecule has 118 valence electrons. The summed E-state index contributed by atoms with van der Waals surface area (Å²) in [6.45, 7) is 1.29. The Morgan fingerprint density at radius 3 is 3.18 bits per heavy atom. The second-order valence-corrected chi connectivity index (χ2v) is 6.33. The third-order valence-electron chi connectivity index (χ3n) is 4.03. The van der Waals surface area contributed by atoms with Crippen LogP contribution in [0.5, 0.6) is 0 Å². The van der Waals surface area contributed by atoms with Crippen molar-refractivity contribution >= 4 is 17.4 Å². The van der Waals surface area contributed by atoms with Crippen LogP contribution in [0.4, 0.5) is 4.79 Å². The van der Waals surface area contributed by atoms with Gasteiger partial charge in [-0.15, -0.1) is 0 Å². The summed E-state index contributed by atoms with van der Waals surface area (Å²) in [6, 6.07) is 5.54. The van der Waals surface area contributed by atoms with Crippen LogP contribution in [0.2, 0.25) is 0 Å². The highest BCUT2D eigenvalue weighted by Crippen LogP contribution is 2.27.